The zero-order chi connectivity index (χ0) is 88.1. The number of nitrogens with zero attached hydrogens (tertiary/aromatic N) is 20. The van der Waals surface area contributed by atoms with E-state index >= 15 is 0 Å². The third-order valence-electron chi connectivity index (χ3n) is 24.5. The summed E-state index contributed by atoms with van der Waals surface area (Å²) in [5, 5.41) is 15.7. The summed E-state index contributed by atoms with van der Waals surface area (Å²) in [4.78, 5) is 79.3. The maximum Gasteiger partial charge on any atom is 0.401 e. The number of likely N-dealkylation sites (N-methyl/N-ethyl adjacent to an activating group) is 1. The Kier molecular flexibility index (Phi) is 26.2. The summed E-state index contributed by atoms with van der Waals surface area (Å²) in [6.45, 7) is 14.6. The number of carbonyl (C=O) groups is 3. The van der Waals surface area contributed by atoms with Crippen LogP contribution in [0.25, 0.3) is 16.9 Å². The van der Waals surface area contributed by atoms with Crippen molar-refractivity contribution in [2.24, 2.45) is 5.92 Å². The fraction of sp³-hybridized carbons (Fsp3) is 0.530. The Hall–Kier alpha value is -9.29. The van der Waals surface area contributed by atoms with E-state index in [1.807, 2.05) is 43.1 Å². The molecule has 0 saturated carbocycles. The molecule has 0 radical (unpaired) electrons. The molecule has 42 heteroatoms. The number of sulfonamides is 3. The Morgan fingerprint density at radius 2 is 0.840 bits per heavy atom. The number of likely N-dealkylation sites (tertiary alicyclic amines) is 3. The van der Waals surface area contributed by atoms with E-state index in [-0.39, 0.29) is 71.1 Å². The zero-order valence-electron chi connectivity index (χ0n) is 70.7. The molecule has 3 aromatic carbocycles. The minimum Gasteiger partial charge on any atom is -0.378 e. The molecule has 672 valence electrons. The van der Waals surface area contributed by atoms with Gasteiger partial charge < -0.3 is 53.7 Å². The maximum atomic E-state index is 14.0. The topological polar surface area (TPSA) is 325 Å². The average Bonchev–Trinajstić information content (AvgIpc) is 1.61. The number of anilines is 9. The van der Waals surface area contributed by atoms with E-state index in [2.05, 4.69) is 92.6 Å². The molecule has 6 aromatic heterocycles. The summed E-state index contributed by atoms with van der Waals surface area (Å²) in [5.41, 5.74) is 5.65. The number of piperidine rings is 3. The molecule has 9 aliphatic heterocycles. The molecule has 3 amide bonds. The number of benzene rings is 3. The molecule has 0 bridgehead atoms. The van der Waals surface area contributed by atoms with Gasteiger partial charge in [-0.2, -0.15) is 42.0 Å². The van der Waals surface area contributed by atoms with Crippen LogP contribution in [0.2, 0.25) is 10.0 Å². The minimum atomic E-state index is -4.25. The maximum absolute atomic E-state index is 14.0. The molecule has 9 fully saturated rings. The van der Waals surface area contributed by atoms with Crippen LogP contribution in [-0.4, -0.2) is 287 Å². The molecule has 4 atom stereocenters. The number of hydrogen-bond donors (Lipinski definition) is 3. The third-order valence-corrected chi connectivity index (χ3v) is 27.2. The minimum absolute atomic E-state index is 0.147. The summed E-state index contributed by atoms with van der Waals surface area (Å²) >= 11 is 15.9. The van der Waals surface area contributed by atoms with Crippen LogP contribution in [0.5, 0.6) is 0 Å². The number of nitrogens with one attached hydrogen (secondary N) is 3. The summed E-state index contributed by atoms with van der Waals surface area (Å²) in [6.07, 6.45) is 9.69. The highest BCUT2D eigenvalue weighted by atomic mass is 79.9. The molecule has 9 saturated heterocycles. The van der Waals surface area contributed by atoms with Crippen molar-refractivity contribution in [3.05, 3.63) is 139 Å². The van der Waals surface area contributed by atoms with Gasteiger partial charge in [-0.15, -0.1) is 0 Å². The lowest BCUT2D eigenvalue weighted by Crippen LogP contribution is -2.49. The van der Waals surface area contributed by atoms with Crippen LogP contribution in [0.1, 0.15) is 150 Å². The van der Waals surface area contributed by atoms with Crippen LogP contribution < -0.4 is 43.6 Å². The van der Waals surface area contributed by atoms with Gasteiger partial charge in [-0.05, 0) is 152 Å². The molecule has 18 rings (SSSR count). The monoisotopic (exact) mass is 1890 g/mol. The molecular weight excluding hydrogens is 1780 g/mol. The summed E-state index contributed by atoms with van der Waals surface area (Å²) in [5.74, 6) is 5.22. The van der Waals surface area contributed by atoms with E-state index < -0.39 is 48.8 Å². The molecule has 0 spiro atoms. The molecule has 9 aliphatic rings. The highest BCUT2D eigenvalue weighted by Gasteiger charge is 2.40. The van der Waals surface area contributed by atoms with Gasteiger partial charge in [-0.25, -0.2) is 40.2 Å². The summed E-state index contributed by atoms with van der Waals surface area (Å²) in [7, 11) is -6.56. The van der Waals surface area contributed by atoms with E-state index in [4.69, 9.17) is 58.2 Å². The smallest absolute Gasteiger partial charge is 0.378 e. The van der Waals surface area contributed by atoms with Crippen LogP contribution in [0, 0.1) is 5.92 Å². The number of ether oxygens (including phenoxy) is 1. The second-order valence-corrected chi connectivity index (χ2v) is 41.2. The Bertz CT molecular complexity index is 5890. The number of hydrogen-bond acceptors (Lipinski definition) is 24. The van der Waals surface area contributed by atoms with E-state index in [1.54, 1.807) is 38.6 Å². The van der Waals surface area contributed by atoms with E-state index in [1.165, 1.54) is 35.2 Å². The predicted octanol–water partition coefficient (Wildman–Crippen LogP) is 11.0. The van der Waals surface area contributed by atoms with Crippen molar-refractivity contribution in [2.45, 2.75) is 114 Å². The van der Waals surface area contributed by atoms with Gasteiger partial charge in [-0.1, -0.05) is 46.1 Å². The number of rotatable bonds is 20. The second kappa shape index (κ2) is 36.8. The van der Waals surface area contributed by atoms with Crippen molar-refractivity contribution in [2.75, 3.05) is 207 Å². The number of fused-ring (bicyclic) bond motifs is 3. The summed E-state index contributed by atoms with van der Waals surface area (Å²) in [6, 6.07) is 25.8. The fourth-order valence-electron chi connectivity index (χ4n) is 17.9. The number of morpholine rings is 1. The molecule has 33 nitrogen and oxygen atoms in total. The van der Waals surface area contributed by atoms with Gasteiger partial charge in [-0.3, -0.25) is 33.4 Å². The molecule has 0 aliphatic carbocycles. The van der Waals surface area contributed by atoms with Gasteiger partial charge in [0.15, 0.2) is 16.9 Å². The van der Waals surface area contributed by atoms with E-state index in [9.17, 15) is 52.8 Å². The molecule has 0 unspecified atom stereocenters. The first-order valence-corrected chi connectivity index (χ1v) is 49.8. The quantitative estimate of drug-likeness (QED) is 0.0638. The number of carbonyl (C=O) groups excluding carboxylic acids is 3. The second-order valence-electron chi connectivity index (χ2n) is 34.2. The molecule has 15 heterocycles. The lowest BCUT2D eigenvalue weighted by molar-refractivity contribution is -0.146. The standard InChI is InChI=1S/C28H34ClF3N8O3S.C28H37ClN8O3S.C27H34BrN7O4S/c1-44(42,43)35-21-7-6-19(29)15-20(21)27(41)39-10-3-2-5-23(39)22-16-25-33-24(37-8-4-9-37)17-26(40(25)34-22)38-13-11-36(12-14-38)18-28(30,31)32;1-33(2)20-10-14-35(18-20)27-17-25(34-11-6-12-34)30-26-16-23(31-37(26)27)24-7-4-5-13-36(24)28(38)21-15-19(29)8-9-22(21)32-41(3,39)40;1-18-16-33(17-18)24-15-26(32-9-11-39-12-10-32)35-25(29-24)14-22(30-35)23-5-3-4-8-34(23)27(36)20-13-19(28)6-7-21(20)31-40(2,37)38/h6-7,15-17,23,35H,2-5,8-14,18H2,1H3;8-9,15-17,20,24,32H,4-7,10-14,18H2,1-3H3;6-7,13-15,18,23,31H,3-5,8-12,16-17H2,1-2H3/t23-;20-,24-;23-/m000/s1. The van der Waals surface area contributed by atoms with Crippen LogP contribution in [0.15, 0.2) is 95.5 Å². The number of alkyl halides is 3. The van der Waals surface area contributed by atoms with Crippen LogP contribution in [0.3, 0.4) is 0 Å². The third kappa shape index (κ3) is 20.6. The Balaban J connectivity index is 0.000000139. The molecule has 3 N–H and O–H groups in total. The van der Waals surface area contributed by atoms with Crippen molar-refractivity contribution in [1.82, 2.24) is 68.3 Å². The van der Waals surface area contributed by atoms with Crippen LogP contribution >= 0.6 is 39.1 Å². The van der Waals surface area contributed by atoms with Crippen molar-refractivity contribution >= 4 is 156 Å². The van der Waals surface area contributed by atoms with Crippen molar-refractivity contribution < 1.29 is 57.5 Å². The lowest BCUT2D eigenvalue weighted by atomic mass is 9.98. The molecule has 9 aromatic rings. The van der Waals surface area contributed by atoms with Gasteiger partial charge >= 0.3 is 6.18 Å². The van der Waals surface area contributed by atoms with Crippen molar-refractivity contribution in [3.8, 4) is 0 Å². The number of aromatic nitrogens is 9. The highest BCUT2D eigenvalue weighted by molar-refractivity contribution is 9.10. The predicted molar refractivity (Wildman–Crippen MR) is 481 cm³/mol. The zero-order valence-corrected chi connectivity index (χ0v) is 76.2. The Morgan fingerprint density at radius 1 is 0.456 bits per heavy atom. The Labute approximate surface area is 743 Å². The Morgan fingerprint density at radius 3 is 1.21 bits per heavy atom. The number of piperazine rings is 1. The number of halogens is 6. The highest BCUT2D eigenvalue weighted by Crippen LogP contribution is 2.42. The van der Waals surface area contributed by atoms with Crippen molar-refractivity contribution in [3.63, 3.8) is 0 Å². The summed E-state index contributed by atoms with van der Waals surface area (Å²) < 4.78 is 130. The average molecular weight is 1890 g/mol. The fourth-order valence-corrected chi connectivity index (χ4v) is 20.4. The first-order valence-electron chi connectivity index (χ1n) is 42.6. The van der Waals surface area contributed by atoms with E-state index in [0.29, 0.717) is 95.7 Å². The van der Waals surface area contributed by atoms with E-state index in [0.717, 1.165) is 212 Å². The SMILES string of the molecule is CC1CN(c2cc(N3CCOCC3)n3nc([C@@H]4CCCCN4C(=O)c4cc(Br)ccc4NS(C)(=O)=O)cc3n2)C1.CN(C)[C@H]1CCN(c2cc(N3CCC3)nc3cc([C@@H]4CCCCN4C(=O)c4cc(Cl)ccc4NS(C)(=O)=O)nn23)C1.CS(=O)(=O)Nc1ccc(Cl)cc1C(=O)N1CCCC[C@H]1c1cc2nc(N3CCC3)cc(N3CCN(CC(F)(F)F)CC3)n2n1. The first-order chi connectivity index (χ1) is 59.6. The lowest BCUT2D eigenvalue weighted by Gasteiger charge is -2.39. The van der Waals surface area contributed by atoms with Crippen LogP contribution in [-0.2, 0) is 34.8 Å². The van der Waals surface area contributed by atoms with Crippen LogP contribution in [0.4, 0.5) is 65.1 Å². The molecule has 125 heavy (non-hydrogen) atoms. The largest absolute Gasteiger partial charge is 0.401 e. The number of amides is 3. The van der Waals surface area contributed by atoms with Crippen molar-refractivity contribution in [1.29, 1.82) is 0 Å². The first kappa shape index (κ1) is 89.1. The normalized spacial score (nSPS) is 20.8. The van der Waals surface area contributed by atoms with Gasteiger partial charge in [0.1, 0.15) is 34.9 Å². The molecular formula is C83H105BrCl2F3N23O10S3. The van der Waals surface area contributed by atoms with Gasteiger partial charge in [0.05, 0.1) is 107 Å². The van der Waals surface area contributed by atoms with Gasteiger partial charge in [0, 0.05) is 168 Å². The van der Waals surface area contributed by atoms with Gasteiger partial charge in [0.25, 0.3) is 17.7 Å². The van der Waals surface area contributed by atoms with Gasteiger partial charge in [0.2, 0.25) is 30.1 Å².